The highest BCUT2D eigenvalue weighted by Crippen LogP contribution is 2.45. The Morgan fingerprint density at radius 2 is 1.90 bits per heavy atom. The number of nitrogens with zero attached hydrogens (tertiary/aromatic N) is 1. The first kappa shape index (κ1) is 23.9. The third kappa shape index (κ3) is 5.74. The maximum absolute atomic E-state index is 14.9. The maximum Gasteiger partial charge on any atom is 0.411 e. The molecule has 1 heterocycles. The third-order valence-corrected chi connectivity index (χ3v) is 6.58. The Kier molecular flexibility index (Phi) is 7.57. The lowest BCUT2D eigenvalue weighted by Gasteiger charge is -2.38. The lowest BCUT2D eigenvalue weighted by atomic mass is 9.86. The fourth-order valence-corrected chi connectivity index (χ4v) is 5.14. The van der Waals surface area contributed by atoms with E-state index in [1.54, 1.807) is 25.7 Å². The molecule has 1 fully saturated rings. The van der Waals surface area contributed by atoms with Gasteiger partial charge in [0.15, 0.2) is 0 Å². The van der Waals surface area contributed by atoms with Gasteiger partial charge in [-0.2, -0.15) is 0 Å². The molecule has 0 radical (unpaired) electrons. The van der Waals surface area contributed by atoms with Crippen LogP contribution >= 0.6 is 22.6 Å². The third-order valence-electron chi connectivity index (χ3n) is 5.32. The van der Waals surface area contributed by atoms with Gasteiger partial charge in [-0.1, -0.05) is 59.0 Å². The highest BCUT2D eigenvalue weighted by molar-refractivity contribution is 14.1. The molecule has 3 rings (SSSR count). The van der Waals surface area contributed by atoms with Gasteiger partial charge in [0.25, 0.3) is 0 Å². The number of carbonyl (C=O) groups excluding carboxylic acids is 1. The van der Waals surface area contributed by atoms with Crippen LogP contribution in [0.2, 0.25) is 0 Å². The number of carbonyl (C=O) groups is 1. The molecule has 0 bridgehead atoms. The zero-order chi connectivity index (χ0) is 22.6. The fraction of sp³-hybridized carbons (Fsp3) is 0.458. The topological polar surface area (TPSA) is 38.8 Å². The first-order valence-corrected chi connectivity index (χ1v) is 11.8. The van der Waals surface area contributed by atoms with Crippen LogP contribution in [-0.4, -0.2) is 34.2 Å². The summed E-state index contributed by atoms with van der Waals surface area (Å²) in [6.45, 7) is 6.66. The van der Waals surface area contributed by atoms with E-state index in [-0.39, 0.29) is 5.92 Å². The molecule has 2 atom stereocenters. The van der Waals surface area contributed by atoms with Crippen molar-refractivity contribution in [2.75, 3.05) is 17.6 Å². The van der Waals surface area contributed by atoms with E-state index in [0.29, 0.717) is 36.2 Å². The van der Waals surface area contributed by atoms with Crippen LogP contribution in [0, 0.1) is 17.6 Å². The molecule has 1 saturated heterocycles. The Labute approximate surface area is 196 Å². The maximum atomic E-state index is 14.9. The van der Waals surface area contributed by atoms with Crippen molar-refractivity contribution in [2.24, 2.45) is 5.92 Å². The highest BCUT2D eigenvalue weighted by atomic mass is 127. The van der Waals surface area contributed by atoms with Gasteiger partial charge in [-0.15, -0.1) is 0 Å². The van der Waals surface area contributed by atoms with Crippen molar-refractivity contribution in [3.8, 4) is 0 Å². The Morgan fingerprint density at radius 3 is 2.52 bits per heavy atom. The molecule has 1 aliphatic heterocycles. The number of amides is 1. The molecule has 168 valence electrons. The minimum absolute atomic E-state index is 0.00421. The zero-order valence-corrected chi connectivity index (χ0v) is 20.2. The van der Waals surface area contributed by atoms with Crippen molar-refractivity contribution in [3.05, 3.63) is 71.3 Å². The average Bonchev–Trinajstić information content (AvgIpc) is 3.07. The monoisotopic (exact) mass is 543 g/mol. The Bertz CT molecular complexity index is 903. The van der Waals surface area contributed by atoms with Crippen LogP contribution < -0.4 is 0 Å². The largest absolute Gasteiger partial charge is 0.444 e. The molecule has 1 amide bonds. The van der Waals surface area contributed by atoms with Crippen LogP contribution in [0.5, 0.6) is 0 Å². The Morgan fingerprint density at radius 1 is 1.19 bits per heavy atom. The molecule has 0 spiro atoms. The number of alkyl halides is 1. The summed E-state index contributed by atoms with van der Waals surface area (Å²) >= 11 is 2.16. The first-order chi connectivity index (χ1) is 14.6. The lowest BCUT2D eigenvalue weighted by molar-refractivity contribution is 0.00994. The molecular formula is C24H28F2INO3. The Balaban J connectivity index is 1.84. The smallest absolute Gasteiger partial charge is 0.411 e. The molecular weight excluding hydrogens is 515 g/mol. The minimum Gasteiger partial charge on any atom is -0.444 e. The van der Waals surface area contributed by atoms with Crippen molar-refractivity contribution >= 4 is 28.7 Å². The molecule has 2 aromatic carbocycles. The first-order valence-electron chi connectivity index (χ1n) is 10.3. The quantitative estimate of drug-likeness (QED) is 0.328. The summed E-state index contributed by atoms with van der Waals surface area (Å²) in [6.07, 6.45) is 0.00504. The van der Waals surface area contributed by atoms with Crippen LogP contribution in [0.1, 0.15) is 38.3 Å². The number of ether oxygens (including phenoxy) is 2. The minimum atomic E-state index is -0.929. The molecule has 1 aliphatic rings. The van der Waals surface area contributed by atoms with Gasteiger partial charge < -0.3 is 9.47 Å². The standard InChI is InChI=1S/C24H28F2INO3/c1-23(2,3)31-22(29)28-13-18(15-30-14-17-7-5-4-6-8-17)12-24(28,16-27)20-10-9-19(25)11-21(20)26/h4-11,18H,12-16H2,1-3H3/t18-,24-/m0/s1. The van der Waals surface area contributed by atoms with Gasteiger partial charge in [0.05, 0.1) is 18.8 Å². The van der Waals surface area contributed by atoms with E-state index >= 15 is 0 Å². The Hall–Kier alpha value is -1.74. The second-order valence-corrected chi connectivity index (χ2v) is 9.71. The summed E-state index contributed by atoms with van der Waals surface area (Å²) in [5.41, 5.74) is -0.243. The molecule has 0 N–H and O–H groups in total. The number of rotatable bonds is 6. The second-order valence-electron chi connectivity index (χ2n) is 8.95. The lowest BCUT2D eigenvalue weighted by Crippen LogP contribution is -2.48. The van der Waals surface area contributed by atoms with Gasteiger partial charge in [0.1, 0.15) is 17.2 Å². The molecule has 7 heteroatoms. The van der Waals surface area contributed by atoms with Gasteiger partial charge in [-0.3, -0.25) is 4.90 Å². The van der Waals surface area contributed by atoms with Gasteiger partial charge in [-0.25, -0.2) is 13.6 Å². The number of hydrogen-bond donors (Lipinski definition) is 0. The van der Waals surface area contributed by atoms with E-state index in [2.05, 4.69) is 22.6 Å². The summed E-state index contributed by atoms with van der Waals surface area (Å²) in [5.74, 6) is -1.30. The SMILES string of the molecule is CC(C)(C)OC(=O)N1C[C@@H](COCc2ccccc2)C[C@]1(CI)c1ccc(F)cc1F. The summed E-state index contributed by atoms with van der Waals surface area (Å²) in [6, 6.07) is 13.4. The van der Waals surface area contributed by atoms with Crippen LogP contribution in [0.3, 0.4) is 0 Å². The predicted octanol–water partition coefficient (Wildman–Crippen LogP) is 6.07. The average molecular weight is 543 g/mol. The highest BCUT2D eigenvalue weighted by Gasteiger charge is 2.51. The summed E-state index contributed by atoms with van der Waals surface area (Å²) in [4.78, 5) is 14.7. The van der Waals surface area contributed by atoms with Gasteiger partial charge in [0, 0.05) is 28.5 Å². The van der Waals surface area contributed by atoms with E-state index in [0.717, 1.165) is 11.6 Å². The van der Waals surface area contributed by atoms with Crippen LogP contribution in [0.25, 0.3) is 0 Å². The number of benzene rings is 2. The molecule has 4 nitrogen and oxygen atoms in total. The molecule has 0 saturated carbocycles. The van der Waals surface area contributed by atoms with Gasteiger partial charge in [-0.05, 0) is 38.8 Å². The van der Waals surface area contributed by atoms with Crippen molar-refractivity contribution in [1.29, 1.82) is 0 Å². The van der Waals surface area contributed by atoms with E-state index < -0.39 is 28.9 Å². The predicted molar refractivity (Wildman–Crippen MR) is 124 cm³/mol. The van der Waals surface area contributed by atoms with E-state index in [9.17, 15) is 13.6 Å². The van der Waals surface area contributed by atoms with E-state index in [1.165, 1.54) is 12.1 Å². The van der Waals surface area contributed by atoms with Crippen LogP contribution in [0.15, 0.2) is 48.5 Å². The second kappa shape index (κ2) is 9.81. The molecule has 31 heavy (non-hydrogen) atoms. The summed E-state index contributed by atoms with van der Waals surface area (Å²) in [5, 5.41) is 0. The normalized spacial score (nSPS) is 21.4. The molecule has 0 unspecified atom stereocenters. The van der Waals surface area contributed by atoms with E-state index in [1.807, 2.05) is 30.3 Å². The van der Waals surface area contributed by atoms with Crippen LogP contribution in [0.4, 0.5) is 13.6 Å². The van der Waals surface area contributed by atoms with Gasteiger partial charge >= 0.3 is 6.09 Å². The van der Waals surface area contributed by atoms with Crippen molar-refractivity contribution < 1.29 is 23.0 Å². The number of hydrogen-bond acceptors (Lipinski definition) is 3. The number of halogens is 3. The van der Waals surface area contributed by atoms with E-state index in [4.69, 9.17) is 9.47 Å². The summed E-state index contributed by atoms with van der Waals surface area (Å²) < 4.78 is 40.4. The van der Waals surface area contributed by atoms with Crippen molar-refractivity contribution in [2.45, 2.75) is 44.9 Å². The van der Waals surface area contributed by atoms with Crippen LogP contribution in [-0.2, 0) is 21.6 Å². The fourth-order valence-electron chi connectivity index (χ4n) is 4.00. The zero-order valence-electron chi connectivity index (χ0n) is 18.0. The van der Waals surface area contributed by atoms with Gasteiger partial charge in [0.2, 0.25) is 0 Å². The summed E-state index contributed by atoms with van der Waals surface area (Å²) in [7, 11) is 0. The van der Waals surface area contributed by atoms with Crippen molar-refractivity contribution in [3.63, 3.8) is 0 Å². The molecule has 0 aromatic heterocycles. The molecule has 0 aliphatic carbocycles. The number of likely N-dealkylation sites (tertiary alicyclic amines) is 1. The molecule has 2 aromatic rings. The van der Waals surface area contributed by atoms with Crippen molar-refractivity contribution in [1.82, 2.24) is 4.90 Å².